The molecule has 0 bridgehead atoms. The lowest BCUT2D eigenvalue weighted by Gasteiger charge is -2.38. The van der Waals surface area contributed by atoms with Crippen LogP contribution >= 0.6 is 0 Å². The molecule has 0 N–H and O–H groups in total. The third kappa shape index (κ3) is 5.10. The molecule has 0 atom stereocenters. The van der Waals surface area contributed by atoms with Gasteiger partial charge in [0, 0.05) is 11.1 Å². The third-order valence-electron chi connectivity index (χ3n) is 5.76. The number of rotatable bonds is 6. The fraction of sp³-hybridized carbons (Fsp3) is 0.652. The van der Waals surface area contributed by atoms with Crippen LogP contribution in [-0.2, 0) is 4.79 Å². The van der Waals surface area contributed by atoms with Gasteiger partial charge in [-0.3, -0.25) is 4.79 Å². The SMILES string of the molecule is CCC(=C=CC1=C(C#C[Si](C(C)C)(C(C)C)C(C)C)CCC1)C(C)=O. The highest BCUT2D eigenvalue weighted by Gasteiger charge is 2.41. The predicted octanol–water partition coefficient (Wildman–Crippen LogP) is 6.77. The van der Waals surface area contributed by atoms with Gasteiger partial charge >= 0.3 is 0 Å². The lowest BCUT2D eigenvalue weighted by atomic mass is 10.1. The number of hydrogen-bond donors (Lipinski definition) is 0. The van der Waals surface area contributed by atoms with Gasteiger partial charge in [0.1, 0.15) is 8.07 Å². The second-order valence-corrected chi connectivity index (χ2v) is 13.8. The van der Waals surface area contributed by atoms with Crippen LogP contribution in [0.3, 0.4) is 0 Å². The molecule has 0 heterocycles. The second-order valence-electron chi connectivity index (χ2n) is 8.18. The Morgan fingerprint density at radius 1 is 1.08 bits per heavy atom. The summed E-state index contributed by atoms with van der Waals surface area (Å²) < 4.78 is 0. The van der Waals surface area contributed by atoms with E-state index >= 15 is 0 Å². The Morgan fingerprint density at radius 3 is 2.08 bits per heavy atom. The molecular formula is C23H36OSi. The molecule has 1 aliphatic rings. The normalized spacial score (nSPS) is 14.7. The molecule has 1 aliphatic carbocycles. The summed E-state index contributed by atoms with van der Waals surface area (Å²) in [6, 6.07) is 0. The van der Waals surface area contributed by atoms with E-state index in [2.05, 4.69) is 58.7 Å². The van der Waals surface area contributed by atoms with E-state index in [9.17, 15) is 4.79 Å². The fourth-order valence-electron chi connectivity index (χ4n) is 4.31. The Balaban J connectivity index is 3.34. The van der Waals surface area contributed by atoms with E-state index in [1.54, 1.807) is 6.92 Å². The van der Waals surface area contributed by atoms with Gasteiger partial charge in [-0.15, -0.1) is 11.3 Å². The molecule has 1 nitrogen and oxygen atoms in total. The van der Waals surface area contributed by atoms with Crippen LogP contribution in [0.15, 0.2) is 28.5 Å². The summed E-state index contributed by atoms with van der Waals surface area (Å²) in [5, 5.41) is 0. The van der Waals surface area contributed by atoms with Gasteiger partial charge in [0.15, 0.2) is 5.78 Å². The maximum Gasteiger partial charge on any atom is 0.163 e. The van der Waals surface area contributed by atoms with Gasteiger partial charge in [-0.05, 0) is 60.9 Å². The van der Waals surface area contributed by atoms with E-state index < -0.39 is 8.07 Å². The highest BCUT2D eigenvalue weighted by atomic mass is 28.3. The molecule has 0 spiro atoms. The first-order valence-electron chi connectivity index (χ1n) is 9.88. The lowest BCUT2D eigenvalue weighted by molar-refractivity contribution is -0.113. The molecule has 0 radical (unpaired) electrons. The zero-order valence-corrected chi connectivity index (χ0v) is 18.5. The van der Waals surface area contributed by atoms with Crippen LogP contribution in [0.4, 0.5) is 0 Å². The standard InChI is InChI=1S/C23H36OSi/c1-9-21(20(8)24)13-14-22-11-10-12-23(22)15-16-25(17(2)3,18(4)5)19(6)7/h14,17-19H,9-12H2,1-8H3. The van der Waals surface area contributed by atoms with Crippen molar-refractivity contribution in [3.8, 4) is 11.5 Å². The molecule has 2 heteroatoms. The Kier molecular flexibility index (Phi) is 8.19. The lowest BCUT2D eigenvalue weighted by Crippen LogP contribution is -2.43. The summed E-state index contributed by atoms with van der Waals surface area (Å²) in [6.07, 6.45) is 6.07. The minimum atomic E-state index is -1.68. The van der Waals surface area contributed by atoms with Crippen molar-refractivity contribution in [1.29, 1.82) is 0 Å². The molecule has 0 saturated carbocycles. The number of hydrogen-bond acceptors (Lipinski definition) is 1. The van der Waals surface area contributed by atoms with Crippen LogP contribution in [0.5, 0.6) is 0 Å². The molecular weight excluding hydrogens is 320 g/mol. The van der Waals surface area contributed by atoms with Gasteiger partial charge in [0.2, 0.25) is 0 Å². The van der Waals surface area contributed by atoms with E-state index in [-0.39, 0.29) is 5.78 Å². The first-order valence-corrected chi connectivity index (χ1v) is 12.1. The van der Waals surface area contributed by atoms with Gasteiger partial charge in [0.25, 0.3) is 0 Å². The molecule has 0 amide bonds. The third-order valence-corrected chi connectivity index (χ3v) is 12.0. The van der Waals surface area contributed by atoms with Crippen LogP contribution in [-0.4, -0.2) is 13.9 Å². The average molecular weight is 357 g/mol. The van der Waals surface area contributed by atoms with Crippen molar-refractivity contribution >= 4 is 13.9 Å². The summed E-state index contributed by atoms with van der Waals surface area (Å²) in [4.78, 5) is 11.6. The van der Waals surface area contributed by atoms with Gasteiger partial charge < -0.3 is 0 Å². The molecule has 0 aromatic rings. The van der Waals surface area contributed by atoms with Crippen molar-refractivity contribution in [1.82, 2.24) is 0 Å². The molecule has 0 fully saturated rings. The second kappa shape index (κ2) is 9.42. The number of ketones is 1. The molecule has 1 rings (SSSR count). The molecule has 0 aliphatic heterocycles. The monoisotopic (exact) mass is 356 g/mol. The first-order chi connectivity index (χ1) is 11.7. The summed E-state index contributed by atoms with van der Waals surface area (Å²) in [6.45, 7) is 17.8. The predicted molar refractivity (Wildman–Crippen MR) is 112 cm³/mol. The van der Waals surface area contributed by atoms with E-state index in [0.29, 0.717) is 16.6 Å². The Hall–Kier alpha value is -1.29. The fourth-order valence-corrected chi connectivity index (χ4v) is 9.55. The van der Waals surface area contributed by atoms with Gasteiger partial charge in [-0.25, -0.2) is 0 Å². The number of carbonyl (C=O) groups excluding carboxylic acids is 1. The zero-order chi connectivity index (χ0) is 19.2. The minimum Gasteiger partial charge on any atom is -0.294 e. The average Bonchev–Trinajstić information content (AvgIpc) is 2.94. The summed E-state index contributed by atoms with van der Waals surface area (Å²) >= 11 is 0. The summed E-state index contributed by atoms with van der Waals surface area (Å²) in [5.74, 6) is 3.73. The number of allylic oxidation sites excluding steroid dienone is 3. The molecule has 0 unspecified atom stereocenters. The quantitative estimate of drug-likeness (QED) is 0.222. The van der Waals surface area contributed by atoms with Crippen LogP contribution in [0.25, 0.3) is 0 Å². The van der Waals surface area contributed by atoms with Crippen LogP contribution < -0.4 is 0 Å². The van der Waals surface area contributed by atoms with E-state index in [1.807, 2.05) is 13.0 Å². The molecule has 138 valence electrons. The van der Waals surface area contributed by atoms with Crippen molar-refractivity contribution in [3.63, 3.8) is 0 Å². The molecule has 0 aromatic carbocycles. The van der Waals surface area contributed by atoms with Crippen molar-refractivity contribution in [2.45, 2.75) is 97.7 Å². The van der Waals surface area contributed by atoms with Crippen LogP contribution in [0.1, 0.15) is 81.1 Å². The first kappa shape index (κ1) is 21.7. The molecule has 25 heavy (non-hydrogen) atoms. The van der Waals surface area contributed by atoms with Gasteiger partial charge in [-0.2, -0.15) is 0 Å². The van der Waals surface area contributed by atoms with Crippen molar-refractivity contribution < 1.29 is 4.79 Å². The number of Topliss-reactive ketones (excluding diaryl/α,β-unsaturated/α-hetero) is 1. The summed E-state index contributed by atoms with van der Waals surface area (Å²) in [5.41, 5.74) is 12.4. The van der Waals surface area contributed by atoms with Crippen LogP contribution in [0.2, 0.25) is 16.6 Å². The van der Waals surface area contributed by atoms with Crippen molar-refractivity contribution in [3.05, 3.63) is 28.5 Å². The van der Waals surface area contributed by atoms with E-state index in [1.165, 1.54) is 17.6 Å². The van der Waals surface area contributed by atoms with E-state index in [4.69, 9.17) is 0 Å². The van der Waals surface area contributed by atoms with E-state index in [0.717, 1.165) is 24.8 Å². The minimum absolute atomic E-state index is 0.121. The molecule has 0 saturated heterocycles. The van der Waals surface area contributed by atoms with Crippen molar-refractivity contribution in [2.75, 3.05) is 0 Å². The molecule has 0 aromatic heterocycles. The highest BCUT2D eigenvalue weighted by Crippen LogP contribution is 2.41. The summed E-state index contributed by atoms with van der Waals surface area (Å²) in [7, 11) is -1.68. The Morgan fingerprint density at radius 2 is 1.64 bits per heavy atom. The maximum atomic E-state index is 11.6. The maximum absolute atomic E-state index is 11.6. The number of carbonyl (C=O) groups is 1. The highest BCUT2D eigenvalue weighted by molar-refractivity contribution is 6.90. The van der Waals surface area contributed by atoms with Gasteiger partial charge in [0.05, 0.1) is 0 Å². The Labute approximate surface area is 156 Å². The van der Waals surface area contributed by atoms with Crippen molar-refractivity contribution in [2.24, 2.45) is 0 Å². The van der Waals surface area contributed by atoms with Gasteiger partial charge in [-0.1, -0.05) is 54.4 Å². The van der Waals surface area contributed by atoms with Crippen LogP contribution in [0, 0.1) is 11.5 Å². The Bertz CT molecular complexity index is 622. The smallest absolute Gasteiger partial charge is 0.163 e. The largest absolute Gasteiger partial charge is 0.294 e. The zero-order valence-electron chi connectivity index (χ0n) is 17.5. The topological polar surface area (TPSA) is 17.1 Å².